The molecule has 1 aliphatic rings. The van der Waals surface area contributed by atoms with Gasteiger partial charge in [-0.25, -0.2) is 4.98 Å². The van der Waals surface area contributed by atoms with Gasteiger partial charge in [-0.1, -0.05) is 6.07 Å². The number of rotatable bonds is 5. The van der Waals surface area contributed by atoms with Crippen LogP contribution in [0.4, 0.5) is 0 Å². The van der Waals surface area contributed by atoms with Gasteiger partial charge in [0.25, 0.3) is 5.91 Å². The fourth-order valence-corrected chi connectivity index (χ4v) is 3.26. The maximum Gasteiger partial charge on any atom is 0.251 e. The van der Waals surface area contributed by atoms with Gasteiger partial charge < -0.3 is 15.2 Å². The largest absolute Gasteiger partial charge is 0.481 e. The third-order valence-corrected chi connectivity index (χ3v) is 4.80. The number of aliphatic hydroxyl groups excluding tert-OH is 1. The maximum absolute atomic E-state index is 12.8. The minimum atomic E-state index is -0.307. The van der Waals surface area contributed by atoms with Crippen molar-refractivity contribution in [3.8, 4) is 5.88 Å². The SMILES string of the molecule is COc1ccc(C(NC(=O)c2ccn3cnnc3c2)C2CC(O)C2)cn1. The van der Waals surface area contributed by atoms with Gasteiger partial charge in [-0.3, -0.25) is 9.20 Å². The van der Waals surface area contributed by atoms with Gasteiger partial charge >= 0.3 is 0 Å². The highest BCUT2D eigenvalue weighted by molar-refractivity contribution is 5.95. The van der Waals surface area contributed by atoms with Crippen LogP contribution in [0.5, 0.6) is 5.88 Å². The summed E-state index contributed by atoms with van der Waals surface area (Å²) < 4.78 is 6.84. The number of carbonyl (C=O) groups excluding carboxylic acids is 1. The molecule has 3 heterocycles. The van der Waals surface area contributed by atoms with Crippen molar-refractivity contribution in [2.75, 3.05) is 7.11 Å². The molecule has 0 aromatic carbocycles. The number of nitrogens with zero attached hydrogens (tertiary/aromatic N) is 4. The molecule has 8 nitrogen and oxygen atoms in total. The van der Waals surface area contributed by atoms with Crippen molar-refractivity contribution < 1.29 is 14.6 Å². The zero-order valence-electron chi connectivity index (χ0n) is 14.2. The van der Waals surface area contributed by atoms with E-state index in [2.05, 4.69) is 20.5 Å². The summed E-state index contributed by atoms with van der Waals surface area (Å²) in [7, 11) is 1.56. The zero-order valence-corrected chi connectivity index (χ0v) is 14.2. The molecule has 1 unspecified atom stereocenters. The van der Waals surface area contributed by atoms with Crippen LogP contribution in [0.1, 0.15) is 34.8 Å². The molecule has 1 saturated carbocycles. The Morgan fingerprint density at radius 3 is 2.92 bits per heavy atom. The van der Waals surface area contributed by atoms with Gasteiger partial charge in [0, 0.05) is 24.0 Å². The minimum absolute atomic E-state index is 0.168. The van der Waals surface area contributed by atoms with Crippen molar-refractivity contribution in [3.05, 3.63) is 54.1 Å². The summed E-state index contributed by atoms with van der Waals surface area (Å²) in [6.07, 6.45) is 6.04. The maximum atomic E-state index is 12.8. The van der Waals surface area contributed by atoms with Gasteiger partial charge in [0.15, 0.2) is 5.65 Å². The number of aromatic nitrogens is 4. The molecule has 1 atom stereocenters. The van der Waals surface area contributed by atoms with E-state index in [-0.39, 0.29) is 24.0 Å². The smallest absolute Gasteiger partial charge is 0.251 e. The minimum Gasteiger partial charge on any atom is -0.481 e. The molecule has 0 spiro atoms. The molecule has 3 aromatic rings. The van der Waals surface area contributed by atoms with E-state index in [4.69, 9.17) is 4.74 Å². The second-order valence-corrected chi connectivity index (χ2v) is 6.48. The van der Waals surface area contributed by atoms with E-state index in [0.717, 1.165) is 5.56 Å². The van der Waals surface area contributed by atoms with Gasteiger partial charge in [-0.05, 0) is 36.5 Å². The van der Waals surface area contributed by atoms with E-state index in [1.54, 1.807) is 48.4 Å². The predicted molar refractivity (Wildman–Crippen MR) is 92.7 cm³/mol. The highest BCUT2D eigenvalue weighted by atomic mass is 16.5. The van der Waals surface area contributed by atoms with Gasteiger partial charge in [0.1, 0.15) is 6.33 Å². The van der Waals surface area contributed by atoms with Crippen LogP contribution in [-0.2, 0) is 0 Å². The molecular weight excluding hydrogens is 334 g/mol. The summed E-state index contributed by atoms with van der Waals surface area (Å²) in [5.74, 6) is 0.489. The lowest BCUT2D eigenvalue weighted by molar-refractivity contribution is 0.0234. The third-order valence-electron chi connectivity index (χ3n) is 4.80. The van der Waals surface area contributed by atoms with Crippen molar-refractivity contribution in [2.45, 2.75) is 25.0 Å². The number of methoxy groups -OCH3 is 1. The highest BCUT2D eigenvalue weighted by Crippen LogP contribution is 2.38. The molecule has 1 fully saturated rings. The van der Waals surface area contributed by atoms with Gasteiger partial charge in [-0.2, -0.15) is 0 Å². The topological polar surface area (TPSA) is 102 Å². The van der Waals surface area contributed by atoms with E-state index >= 15 is 0 Å². The molecule has 0 aliphatic heterocycles. The molecule has 1 amide bonds. The van der Waals surface area contributed by atoms with Crippen LogP contribution < -0.4 is 10.1 Å². The first kappa shape index (κ1) is 16.5. The lowest BCUT2D eigenvalue weighted by Crippen LogP contribution is -2.41. The van der Waals surface area contributed by atoms with Crippen LogP contribution in [0.25, 0.3) is 5.65 Å². The van der Waals surface area contributed by atoms with Crippen molar-refractivity contribution in [2.24, 2.45) is 5.92 Å². The van der Waals surface area contributed by atoms with Crippen LogP contribution >= 0.6 is 0 Å². The van der Waals surface area contributed by atoms with Crippen molar-refractivity contribution in [1.29, 1.82) is 0 Å². The molecular formula is C18H19N5O3. The third kappa shape index (κ3) is 3.11. The Labute approximate surface area is 149 Å². The quantitative estimate of drug-likeness (QED) is 0.718. The summed E-state index contributed by atoms with van der Waals surface area (Å²) >= 11 is 0. The molecule has 4 rings (SSSR count). The predicted octanol–water partition coefficient (Wildman–Crippen LogP) is 1.37. The molecule has 8 heteroatoms. The Hall–Kier alpha value is -3.00. The van der Waals surface area contributed by atoms with Gasteiger partial charge in [-0.15, -0.1) is 10.2 Å². The summed E-state index contributed by atoms with van der Waals surface area (Å²) in [5, 5.41) is 20.5. The van der Waals surface area contributed by atoms with Crippen LogP contribution in [0, 0.1) is 5.92 Å². The molecule has 134 valence electrons. The van der Waals surface area contributed by atoms with Gasteiger partial charge in [0.05, 0.1) is 19.3 Å². The standard InChI is InChI=1S/C18H19N5O3/c1-26-16-3-2-12(9-19-16)17(13-6-14(24)7-13)21-18(25)11-4-5-23-10-20-22-15(23)8-11/h2-5,8-10,13-14,17,24H,6-7H2,1H3,(H,21,25). The Morgan fingerprint density at radius 2 is 2.23 bits per heavy atom. The summed E-state index contributed by atoms with van der Waals surface area (Å²) in [4.78, 5) is 17.0. The number of pyridine rings is 2. The molecule has 3 aromatic heterocycles. The second kappa shape index (κ2) is 6.72. The zero-order chi connectivity index (χ0) is 18.1. The number of aliphatic hydroxyl groups is 1. The first-order valence-corrected chi connectivity index (χ1v) is 8.42. The van der Waals surface area contributed by atoms with Crippen molar-refractivity contribution in [1.82, 2.24) is 24.9 Å². The van der Waals surface area contributed by atoms with Crippen molar-refractivity contribution in [3.63, 3.8) is 0 Å². The molecule has 0 radical (unpaired) electrons. The van der Waals surface area contributed by atoms with Crippen molar-refractivity contribution >= 4 is 11.6 Å². The van der Waals surface area contributed by atoms with E-state index in [1.807, 2.05) is 6.07 Å². The highest BCUT2D eigenvalue weighted by Gasteiger charge is 2.36. The average Bonchev–Trinajstić information content (AvgIpc) is 3.11. The number of fused-ring (bicyclic) bond motifs is 1. The number of nitrogens with one attached hydrogen (secondary N) is 1. The number of amides is 1. The van der Waals surface area contributed by atoms with Gasteiger partial charge in [0.2, 0.25) is 5.88 Å². The fourth-order valence-electron chi connectivity index (χ4n) is 3.26. The van der Waals surface area contributed by atoms with E-state index in [0.29, 0.717) is 29.9 Å². The lowest BCUT2D eigenvalue weighted by atomic mass is 9.75. The molecule has 1 aliphatic carbocycles. The number of hydrogen-bond acceptors (Lipinski definition) is 6. The molecule has 26 heavy (non-hydrogen) atoms. The van der Waals surface area contributed by atoms with Crippen LogP contribution in [0.15, 0.2) is 43.0 Å². The second-order valence-electron chi connectivity index (χ2n) is 6.48. The monoisotopic (exact) mass is 353 g/mol. The van der Waals surface area contributed by atoms with Crippen LogP contribution in [-0.4, -0.2) is 43.8 Å². The van der Waals surface area contributed by atoms with Crippen LogP contribution in [0.3, 0.4) is 0 Å². The Bertz CT molecular complexity index is 918. The number of carbonyl (C=O) groups is 1. The Balaban J connectivity index is 1.57. The first-order valence-electron chi connectivity index (χ1n) is 8.42. The average molecular weight is 353 g/mol. The number of ether oxygens (including phenoxy) is 1. The van der Waals surface area contributed by atoms with E-state index < -0.39 is 0 Å². The van der Waals surface area contributed by atoms with Crippen LogP contribution in [0.2, 0.25) is 0 Å². The molecule has 0 saturated heterocycles. The first-order chi connectivity index (χ1) is 12.6. The normalized spacial score (nSPS) is 20.4. The fraction of sp³-hybridized carbons (Fsp3) is 0.333. The van der Waals surface area contributed by atoms with E-state index in [9.17, 15) is 9.90 Å². The molecule has 0 bridgehead atoms. The Morgan fingerprint density at radius 1 is 1.38 bits per heavy atom. The summed E-state index contributed by atoms with van der Waals surface area (Å²) in [6.45, 7) is 0. The van der Waals surface area contributed by atoms with E-state index in [1.165, 1.54) is 0 Å². The summed E-state index contributed by atoms with van der Waals surface area (Å²) in [6, 6.07) is 6.86. The summed E-state index contributed by atoms with van der Waals surface area (Å²) in [5.41, 5.74) is 2.01. The number of hydrogen-bond donors (Lipinski definition) is 2. The Kier molecular flexibility index (Phi) is 4.26. The lowest BCUT2D eigenvalue weighted by Gasteiger charge is -2.38. The molecule has 2 N–H and O–H groups in total.